The van der Waals surface area contributed by atoms with E-state index in [2.05, 4.69) is 4.72 Å². The Morgan fingerprint density at radius 1 is 1.41 bits per heavy atom. The second-order valence-electron chi connectivity index (χ2n) is 4.67. The van der Waals surface area contributed by atoms with E-state index < -0.39 is 20.8 Å². The number of hydrogen-bond acceptors (Lipinski definition) is 4. The highest BCUT2D eigenvalue weighted by Crippen LogP contribution is 2.29. The molecule has 2 N–H and O–H groups in total. The normalized spacial score (nSPS) is 21.7. The minimum absolute atomic E-state index is 0.200. The smallest absolute Gasteiger partial charge is 0.228 e. The van der Waals surface area contributed by atoms with Crippen LogP contribution in [0.25, 0.3) is 0 Å². The van der Waals surface area contributed by atoms with Crippen LogP contribution in [0.1, 0.15) is 45.4 Å². The summed E-state index contributed by atoms with van der Waals surface area (Å²) in [6.45, 7) is 1.47. The molecule has 1 aliphatic rings. The molecule has 98 valence electrons. The summed E-state index contributed by atoms with van der Waals surface area (Å²) in [7, 11) is -3.66. The van der Waals surface area contributed by atoms with Crippen molar-refractivity contribution in [3.63, 3.8) is 0 Å². The number of sulfonamides is 1. The fourth-order valence-electron chi connectivity index (χ4n) is 2.27. The van der Waals surface area contributed by atoms with Gasteiger partial charge >= 0.3 is 0 Å². The summed E-state index contributed by atoms with van der Waals surface area (Å²) < 4.78 is 26.5. The highest BCUT2D eigenvalue weighted by atomic mass is 32.2. The first-order valence-electron chi connectivity index (χ1n) is 6.03. The Bertz CT molecular complexity index is 380. The molecular formula is C11H20N2O3S. The van der Waals surface area contributed by atoms with Gasteiger partial charge in [-0.25, -0.2) is 13.1 Å². The molecule has 0 radical (unpaired) electrons. The molecule has 1 aliphatic carbocycles. The lowest BCUT2D eigenvalue weighted by atomic mass is 9.83. The van der Waals surface area contributed by atoms with Crippen LogP contribution in [0, 0.1) is 11.3 Å². The molecule has 0 aromatic rings. The van der Waals surface area contributed by atoms with E-state index in [1.807, 2.05) is 0 Å². The van der Waals surface area contributed by atoms with E-state index in [1.165, 1.54) is 0 Å². The van der Waals surface area contributed by atoms with Gasteiger partial charge in [0, 0.05) is 0 Å². The Balaban J connectivity index is 2.84. The molecule has 0 heterocycles. The third-order valence-corrected chi connectivity index (χ3v) is 5.27. The van der Waals surface area contributed by atoms with Crippen LogP contribution in [0.4, 0.5) is 0 Å². The Kier molecular flexibility index (Phi) is 4.92. The molecule has 1 atom stereocenters. The lowest BCUT2D eigenvalue weighted by Gasteiger charge is -2.36. The minimum Gasteiger partial charge on any atom is -0.394 e. The van der Waals surface area contributed by atoms with E-state index >= 15 is 0 Å². The summed E-state index contributed by atoms with van der Waals surface area (Å²) in [5.74, 6) is 0. The van der Waals surface area contributed by atoms with Crippen LogP contribution in [-0.4, -0.2) is 30.9 Å². The van der Waals surface area contributed by atoms with Crippen molar-refractivity contribution in [1.82, 2.24) is 4.72 Å². The topological polar surface area (TPSA) is 90.2 Å². The Hall–Kier alpha value is -0.640. The van der Waals surface area contributed by atoms with Gasteiger partial charge in [0.2, 0.25) is 10.0 Å². The summed E-state index contributed by atoms with van der Waals surface area (Å²) in [4.78, 5) is 0. The van der Waals surface area contributed by atoms with E-state index in [1.54, 1.807) is 13.0 Å². The first-order valence-corrected chi connectivity index (χ1v) is 7.57. The quantitative estimate of drug-likeness (QED) is 0.768. The monoisotopic (exact) mass is 260 g/mol. The van der Waals surface area contributed by atoms with Crippen molar-refractivity contribution in [3.8, 4) is 6.07 Å². The molecule has 0 aromatic carbocycles. The van der Waals surface area contributed by atoms with Gasteiger partial charge in [-0.05, 0) is 19.3 Å². The second-order valence-corrected chi connectivity index (χ2v) is 6.54. The van der Waals surface area contributed by atoms with Crippen LogP contribution in [0.15, 0.2) is 0 Å². The molecule has 1 rings (SSSR count). The van der Waals surface area contributed by atoms with Crippen LogP contribution in [0.3, 0.4) is 0 Å². The third kappa shape index (κ3) is 3.41. The highest BCUT2D eigenvalue weighted by Gasteiger charge is 2.37. The van der Waals surface area contributed by atoms with Crippen molar-refractivity contribution in [2.24, 2.45) is 0 Å². The zero-order chi connectivity index (χ0) is 12.9. The molecule has 1 fully saturated rings. The molecule has 0 spiro atoms. The first kappa shape index (κ1) is 14.4. The Morgan fingerprint density at radius 3 is 2.41 bits per heavy atom. The number of nitriles is 1. The number of nitrogens with one attached hydrogen (secondary N) is 1. The predicted octanol–water partition coefficient (Wildman–Crippen LogP) is 0.903. The average molecular weight is 260 g/mol. The van der Waals surface area contributed by atoms with Crippen molar-refractivity contribution in [2.45, 2.75) is 56.2 Å². The first-order chi connectivity index (χ1) is 7.99. The maximum atomic E-state index is 12.0. The summed E-state index contributed by atoms with van der Waals surface area (Å²) in [6, 6.07) is 1.79. The molecular weight excluding hydrogens is 240 g/mol. The summed E-state index contributed by atoms with van der Waals surface area (Å²) in [6.07, 6.45) is 4.43. The van der Waals surface area contributed by atoms with E-state index in [-0.39, 0.29) is 13.0 Å². The van der Waals surface area contributed by atoms with Gasteiger partial charge in [-0.2, -0.15) is 5.26 Å². The van der Waals surface area contributed by atoms with Gasteiger partial charge in [0.25, 0.3) is 0 Å². The van der Waals surface area contributed by atoms with Gasteiger partial charge in [0.1, 0.15) is 0 Å². The maximum Gasteiger partial charge on any atom is 0.228 e. The number of aliphatic hydroxyl groups is 1. The summed E-state index contributed by atoms with van der Waals surface area (Å²) in [5.41, 5.74) is -0.749. The SMILES string of the molecule is CCC(C#N)S(=O)(=O)NC1(CO)CCCCC1. The lowest BCUT2D eigenvalue weighted by molar-refractivity contribution is 0.142. The van der Waals surface area contributed by atoms with E-state index in [0.29, 0.717) is 12.8 Å². The maximum absolute atomic E-state index is 12.0. The predicted molar refractivity (Wildman–Crippen MR) is 64.6 cm³/mol. The molecule has 17 heavy (non-hydrogen) atoms. The van der Waals surface area contributed by atoms with E-state index in [9.17, 15) is 13.5 Å². The molecule has 6 heteroatoms. The van der Waals surface area contributed by atoms with E-state index in [0.717, 1.165) is 19.3 Å². The van der Waals surface area contributed by atoms with Gasteiger partial charge in [0.15, 0.2) is 5.25 Å². The molecule has 0 aromatic heterocycles. The minimum atomic E-state index is -3.66. The second kappa shape index (κ2) is 5.80. The summed E-state index contributed by atoms with van der Waals surface area (Å²) >= 11 is 0. The van der Waals surface area contributed by atoms with Crippen LogP contribution in [0.5, 0.6) is 0 Å². The van der Waals surface area contributed by atoms with Crippen LogP contribution >= 0.6 is 0 Å². The number of hydrogen-bond donors (Lipinski definition) is 2. The zero-order valence-electron chi connectivity index (χ0n) is 10.1. The standard InChI is InChI=1S/C11H20N2O3S/c1-2-10(8-12)17(15,16)13-11(9-14)6-4-3-5-7-11/h10,13-14H,2-7,9H2,1H3. The van der Waals surface area contributed by atoms with Crippen LogP contribution in [0.2, 0.25) is 0 Å². The zero-order valence-corrected chi connectivity index (χ0v) is 11.0. The van der Waals surface area contributed by atoms with E-state index in [4.69, 9.17) is 5.26 Å². The van der Waals surface area contributed by atoms with Crippen LogP contribution < -0.4 is 4.72 Å². The molecule has 1 saturated carbocycles. The number of nitrogens with zero attached hydrogens (tertiary/aromatic N) is 1. The summed E-state index contributed by atoms with van der Waals surface area (Å²) in [5, 5.41) is 17.2. The van der Waals surface area contributed by atoms with Gasteiger partial charge in [-0.15, -0.1) is 0 Å². The average Bonchev–Trinajstić information content (AvgIpc) is 2.30. The Morgan fingerprint density at radius 2 is 2.00 bits per heavy atom. The highest BCUT2D eigenvalue weighted by molar-refractivity contribution is 7.90. The molecule has 0 saturated heterocycles. The molecule has 0 bridgehead atoms. The van der Waals surface area contributed by atoms with Gasteiger partial charge in [0.05, 0.1) is 18.2 Å². The van der Waals surface area contributed by atoms with Crippen LogP contribution in [-0.2, 0) is 10.0 Å². The number of aliphatic hydroxyl groups excluding tert-OH is 1. The lowest BCUT2D eigenvalue weighted by Crippen LogP contribution is -2.54. The van der Waals surface area contributed by atoms with Crippen molar-refractivity contribution < 1.29 is 13.5 Å². The van der Waals surface area contributed by atoms with Crippen molar-refractivity contribution in [2.75, 3.05) is 6.61 Å². The van der Waals surface area contributed by atoms with Crippen molar-refractivity contribution >= 4 is 10.0 Å². The molecule has 0 aliphatic heterocycles. The van der Waals surface area contributed by atoms with Gasteiger partial charge in [-0.1, -0.05) is 26.2 Å². The fraction of sp³-hybridized carbons (Fsp3) is 0.909. The Labute approximate surface area is 103 Å². The van der Waals surface area contributed by atoms with Crippen molar-refractivity contribution in [1.29, 1.82) is 5.26 Å². The fourth-order valence-corrected chi connectivity index (χ4v) is 3.87. The van der Waals surface area contributed by atoms with Gasteiger partial charge < -0.3 is 5.11 Å². The van der Waals surface area contributed by atoms with Crippen molar-refractivity contribution in [3.05, 3.63) is 0 Å². The largest absolute Gasteiger partial charge is 0.394 e. The molecule has 0 amide bonds. The third-order valence-electron chi connectivity index (χ3n) is 3.36. The van der Waals surface area contributed by atoms with Gasteiger partial charge in [-0.3, -0.25) is 0 Å². The molecule has 5 nitrogen and oxygen atoms in total. The number of rotatable bonds is 5. The molecule has 1 unspecified atom stereocenters.